The molecular formula is C22H18BrNO3. The summed E-state index contributed by atoms with van der Waals surface area (Å²) in [5.41, 5.74) is 3.26. The van der Waals surface area contributed by atoms with Gasteiger partial charge in [-0.15, -0.1) is 0 Å². The van der Waals surface area contributed by atoms with E-state index in [0.717, 1.165) is 27.4 Å². The Bertz CT molecular complexity index is 1180. The fraction of sp³-hybridized carbons (Fsp3) is 0.182. The van der Waals surface area contributed by atoms with Gasteiger partial charge in [-0.3, -0.25) is 0 Å². The van der Waals surface area contributed by atoms with Crippen molar-refractivity contribution in [2.75, 3.05) is 0 Å². The minimum atomic E-state index is -0.969. The highest BCUT2D eigenvalue weighted by molar-refractivity contribution is 9.10. The predicted molar refractivity (Wildman–Crippen MR) is 110 cm³/mol. The molecule has 2 aromatic carbocycles. The number of fused-ring (bicyclic) bond motifs is 2. The topological polar surface area (TPSA) is 63.3 Å². The zero-order chi connectivity index (χ0) is 19.1. The fourth-order valence-electron chi connectivity index (χ4n) is 3.23. The Kier molecular flexibility index (Phi) is 4.48. The van der Waals surface area contributed by atoms with Crippen LogP contribution in [-0.2, 0) is 0 Å². The molecule has 0 aliphatic rings. The first-order valence-corrected chi connectivity index (χ1v) is 9.63. The Morgan fingerprint density at radius 2 is 2.00 bits per heavy atom. The van der Waals surface area contributed by atoms with Crippen LogP contribution in [0.2, 0.25) is 0 Å². The number of furan rings is 1. The summed E-state index contributed by atoms with van der Waals surface area (Å²) in [6.45, 7) is 4.25. The van der Waals surface area contributed by atoms with Gasteiger partial charge in [-0.05, 0) is 60.4 Å². The van der Waals surface area contributed by atoms with E-state index in [1.807, 2.05) is 42.5 Å². The van der Waals surface area contributed by atoms with E-state index in [1.165, 1.54) is 0 Å². The molecule has 0 saturated carbocycles. The smallest absolute Gasteiger partial charge is 0.336 e. The van der Waals surface area contributed by atoms with E-state index >= 15 is 0 Å². The van der Waals surface area contributed by atoms with Gasteiger partial charge in [-0.2, -0.15) is 0 Å². The Hall–Kier alpha value is -2.66. The van der Waals surface area contributed by atoms with Crippen molar-refractivity contribution >= 4 is 43.8 Å². The molecule has 5 heteroatoms. The maximum atomic E-state index is 11.9. The van der Waals surface area contributed by atoms with E-state index < -0.39 is 5.97 Å². The van der Waals surface area contributed by atoms with Crippen molar-refractivity contribution in [3.63, 3.8) is 0 Å². The Balaban J connectivity index is 1.92. The first-order chi connectivity index (χ1) is 13.0. The Labute approximate surface area is 165 Å². The quantitative estimate of drug-likeness (QED) is 0.400. The molecular weight excluding hydrogens is 406 g/mol. The van der Waals surface area contributed by atoms with E-state index in [1.54, 1.807) is 6.07 Å². The maximum absolute atomic E-state index is 11.9. The van der Waals surface area contributed by atoms with Gasteiger partial charge in [-0.25, -0.2) is 9.78 Å². The van der Waals surface area contributed by atoms with Crippen molar-refractivity contribution < 1.29 is 14.3 Å². The minimum Gasteiger partial charge on any atom is -0.478 e. The second-order valence-electron chi connectivity index (χ2n) is 6.74. The third kappa shape index (κ3) is 3.23. The van der Waals surface area contributed by atoms with Crippen molar-refractivity contribution in [1.29, 1.82) is 0 Å². The number of rotatable bonds is 4. The third-order valence-electron chi connectivity index (χ3n) is 4.98. The standard InChI is InChI=1S/C22H18BrNO3/c1-3-12(2)13-4-6-18-16(9-13)17(22(25)26)11-19(24-18)21-10-14-8-15(23)5-7-20(14)27-21/h4-12H,3H2,1-2H3,(H,25,26). The van der Waals surface area contributed by atoms with Gasteiger partial charge in [-0.1, -0.05) is 35.8 Å². The lowest BCUT2D eigenvalue weighted by atomic mass is 9.95. The van der Waals surface area contributed by atoms with E-state index in [2.05, 4.69) is 34.8 Å². The number of aromatic nitrogens is 1. The highest BCUT2D eigenvalue weighted by atomic mass is 79.9. The van der Waals surface area contributed by atoms with Gasteiger partial charge in [0.2, 0.25) is 0 Å². The van der Waals surface area contributed by atoms with Crippen LogP contribution in [0.15, 0.2) is 57.4 Å². The summed E-state index contributed by atoms with van der Waals surface area (Å²) in [7, 11) is 0. The molecule has 0 bridgehead atoms. The first-order valence-electron chi connectivity index (χ1n) is 8.83. The minimum absolute atomic E-state index is 0.238. The number of carboxylic acids is 1. The normalized spacial score (nSPS) is 12.6. The number of carbonyl (C=O) groups is 1. The van der Waals surface area contributed by atoms with Gasteiger partial charge >= 0.3 is 5.97 Å². The maximum Gasteiger partial charge on any atom is 0.336 e. The van der Waals surface area contributed by atoms with Crippen molar-refractivity contribution in [3.8, 4) is 11.5 Å². The molecule has 1 atom stereocenters. The molecule has 2 heterocycles. The highest BCUT2D eigenvalue weighted by Gasteiger charge is 2.17. The van der Waals surface area contributed by atoms with E-state index in [0.29, 0.717) is 28.3 Å². The molecule has 0 spiro atoms. The number of carboxylic acid groups (broad SMARTS) is 1. The molecule has 0 aliphatic heterocycles. The lowest BCUT2D eigenvalue weighted by molar-refractivity contribution is 0.0699. The molecule has 0 amide bonds. The van der Waals surface area contributed by atoms with Crippen LogP contribution < -0.4 is 0 Å². The van der Waals surface area contributed by atoms with Crippen LogP contribution in [0.4, 0.5) is 0 Å². The number of hydrogen-bond donors (Lipinski definition) is 1. The van der Waals surface area contributed by atoms with Crippen LogP contribution in [-0.4, -0.2) is 16.1 Å². The predicted octanol–water partition coefficient (Wildman–Crippen LogP) is 6.62. The molecule has 1 N–H and O–H groups in total. The zero-order valence-corrected chi connectivity index (χ0v) is 16.6. The summed E-state index contributed by atoms with van der Waals surface area (Å²) in [6.07, 6.45) is 0.994. The Morgan fingerprint density at radius 3 is 2.74 bits per heavy atom. The molecule has 27 heavy (non-hydrogen) atoms. The summed E-state index contributed by atoms with van der Waals surface area (Å²) in [5, 5.41) is 11.3. The SMILES string of the molecule is CCC(C)c1ccc2nc(-c3cc4cc(Br)ccc4o3)cc(C(=O)O)c2c1. The van der Waals surface area contributed by atoms with E-state index in [-0.39, 0.29) is 5.56 Å². The molecule has 2 aromatic heterocycles. The number of aromatic carboxylic acids is 1. The van der Waals surface area contributed by atoms with Gasteiger partial charge in [0.1, 0.15) is 11.3 Å². The number of benzene rings is 2. The summed E-state index contributed by atoms with van der Waals surface area (Å²) in [4.78, 5) is 16.6. The monoisotopic (exact) mass is 423 g/mol. The number of halogens is 1. The summed E-state index contributed by atoms with van der Waals surface area (Å²) in [5.74, 6) is -0.0492. The van der Waals surface area contributed by atoms with Crippen LogP contribution in [0.1, 0.15) is 42.1 Å². The fourth-order valence-corrected chi connectivity index (χ4v) is 3.61. The van der Waals surface area contributed by atoms with Gasteiger partial charge in [0.05, 0.1) is 11.1 Å². The van der Waals surface area contributed by atoms with Gasteiger partial charge < -0.3 is 9.52 Å². The van der Waals surface area contributed by atoms with Gasteiger partial charge in [0.15, 0.2) is 5.76 Å². The van der Waals surface area contributed by atoms with Crippen LogP contribution in [0, 0.1) is 0 Å². The van der Waals surface area contributed by atoms with Crippen molar-refractivity contribution in [2.45, 2.75) is 26.2 Å². The average molecular weight is 424 g/mol. The lowest BCUT2D eigenvalue weighted by Gasteiger charge is -2.11. The molecule has 4 rings (SSSR count). The molecule has 136 valence electrons. The molecule has 4 nitrogen and oxygen atoms in total. The van der Waals surface area contributed by atoms with E-state index in [9.17, 15) is 9.90 Å². The molecule has 4 aromatic rings. The number of hydrogen-bond acceptors (Lipinski definition) is 3. The van der Waals surface area contributed by atoms with Crippen molar-refractivity contribution in [2.24, 2.45) is 0 Å². The lowest BCUT2D eigenvalue weighted by Crippen LogP contribution is -2.01. The van der Waals surface area contributed by atoms with E-state index in [4.69, 9.17) is 4.42 Å². The van der Waals surface area contributed by atoms with Crippen molar-refractivity contribution in [3.05, 3.63) is 64.1 Å². The second kappa shape index (κ2) is 6.82. The molecule has 0 aliphatic carbocycles. The van der Waals surface area contributed by atoms with Crippen LogP contribution in [0.3, 0.4) is 0 Å². The van der Waals surface area contributed by atoms with Crippen LogP contribution in [0.25, 0.3) is 33.3 Å². The van der Waals surface area contributed by atoms with Crippen LogP contribution >= 0.6 is 15.9 Å². The molecule has 0 fully saturated rings. The number of nitrogens with zero attached hydrogens (tertiary/aromatic N) is 1. The van der Waals surface area contributed by atoms with Gasteiger partial charge in [0, 0.05) is 15.2 Å². The Morgan fingerprint density at radius 1 is 1.19 bits per heavy atom. The average Bonchev–Trinajstić information content (AvgIpc) is 3.09. The first kappa shape index (κ1) is 17.7. The largest absolute Gasteiger partial charge is 0.478 e. The summed E-state index contributed by atoms with van der Waals surface area (Å²) in [6, 6.07) is 15.1. The van der Waals surface area contributed by atoms with Crippen molar-refractivity contribution in [1.82, 2.24) is 4.98 Å². The van der Waals surface area contributed by atoms with Crippen LogP contribution in [0.5, 0.6) is 0 Å². The molecule has 0 radical (unpaired) electrons. The third-order valence-corrected chi connectivity index (χ3v) is 5.47. The summed E-state index contributed by atoms with van der Waals surface area (Å²) >= 11 is 3.45. The zero-order valence-electron chi connectivity index (χ0n) is 15.0. The van der Waals surface area contributed by atoms with Gasteiger partial charge in [0.25, 0.3) is 0 Å². The second-order valence-corrected chi connectivity index (χ2v) is 7.65. The molecule has 1 unspecified atom stereocenters. The highest BCUT2D eigenvalue weighted by Crippen LogP contribution is 2.32. The number of pyridine rings is 1. The molecule has 0 saturated heterocycles. The summed E-state index contributed by atoms with van der Waals surface area (Å²) < 4.78 is 6.85.